The van der Waals surface area contributed by atoms with Crippen LogP contribution in [-0.4, -0.2) is 13.4 Å². The molecule has 0 aromatic rings. The molecule has 0 radical (unpaired) electrons. The Bertz CT molecular complexity index is 237. The first kappa shape index (κ1) is 12.9. The first-order valence-electron chi connectivity index (χ1n) is 5.10. The van der Waals surface area contributed by atoms with Crippen LogP contribution in [0, 0.1) is 0 Å². The van der Waals surface area contributed by atoms with Crippen LogP contribution in [-0.2, 0) is 9.53 Å². The molecule has 0 saturated heterocycles. The van der Waals surface area contributed by atoms with Crippen molar-refractivity contribution in [2.45, 2.75) is 40.0 Å². The Kier molecular flexibility index (Phi) is 6.81. The van der Waals surface area contributed by atoms with Crippen molar-refractivity contribution in [3.63, 3.8) is 0 Å². The van der Waals surface area contributed by atoms with Crippen molar-refractivity contribution in [3.05, 3.63) is 23.0 Å². The van der Waals surface area contributed by atoms with E-state index in [0.717, 1.165) is 31.1 Å². The summed E-state index contributed by atoms with van der Waals surface area (Å²) in [5, 5.41) is 0. The fourth-order valence-electron chi connectivity index (χ4n) is 1.14. The molecule has 0 aromatic heterocycles. The van der Waals surface area contributed by atoms with Gasteiger partial charge in [0.1, 0.15) is 5.76 Å². The van der Waals surface area contributed by atoms with Crippen molar-refractivity contribution in [1.29, 1.82) is 0 Å². The third kappa shape index (κ3) is 3.77. The van der Waals surface area contributed by atoms with Gasteiger partial charge in [-0.15, -0.1) is 0 Å². The van der Waals surface area contributed by atoms with Crippen molar-refractivity contribution in [1.82, 2.24) is 0 Å². The van der Waals surface area contributed by atoms with E-state index in [1.165, 1.54) is 0 Å². The Morgan fingerprint density at radius 2 is 2.00 bits per heavy atom. The van der Waals surface area contributed by atoms with Crippen LogP contribution >= 0.6 is 0 Å². The first-order valence-corrected chi connectivity index (χ1v) is 5.10. The van der Waals surface area contributed by atoms with E-state index in [-0.39, 0.29) is 0 Å². The van der Waals surface area contributed by atoms with Gasteiger partial charge in [-0.3, -0.25) is 4.79 Å². The number of hydrogen-bond donors (Lipinski definition) is 0. The zero-order chi connectivity index (χ0) is 11.0. The summed E-state index contributed by atoms with van der Waals surface area (Å²) in [6.07, 6.45) is 5.73. The number of rotatable bonds is 6. The lowest BCUT2D eigenvalue weighted by Gasteiger charge is -2.08. The van der Waals surface area contributed by atoms with Gasteiger partial charge < -0.3 is 4.74 Å². The number of unbranched alkanes of at least 4 members (excludes halogenated alkanes) is 1. The van der Waals surface area contributed by atoms with E-state index in [2.05, 4.69) is 6.92 Å². The Labute approximate surface area is 86.6 Å². The molecule has 0 aliphatic carbocycles. The minimum atomic E-state index is 0.698. The molecule has 0 spiro atoms. The number of carbonyl (C=O) groups excluding carboxylic acids is 1. The molecule has 0 heterocycles. The molecule has 2 heteroatoms. The maximum atomic E-state index is 10.9. The Hall–Kier alpha value is -1.05. The fourth-order valence-corrected chi connectivity index (χ4v) is 1.14. The predicted molar refractivity (Wildman–Crippen MR) is 59.1 cm³/mol. The summed E-state index contributed by atoms with van der Waals surface area (Å²) in [5.74, 6) is 0.709. The molecule has 0 aliphatic rings. The molecular weight excluding hydrogens is 176 g/mol. The molecular formula is C12H20O2. The van der Waals surface area contributed by atoms with Gasteiger partial charge in [-0.05, 0) is 25.8 Å². The third-order valence-electron chi connectivity index (χ3n) is 2.21. The fraction of sp³-hybridized carbons (Fsp3) is 0.583. The van der Waals surface area contributed by atoms with Gasteiger partial charge >= 0.3 is 0 Å². The highest BCUT2D eigenvalue weighted by molar-refractivity contribution is 5.80. The molecule has 0 bridgehead atoms. The molecule has 0 amide bonds. The second-order valence-electron chi connectivity index (χ2n) is 3.23. The van der Waals surface area contributed by atoms with Crippen LogP contribution in [0.3, 0.4) is 0 Å². The predicted octanol–water partition coefficient (Wildman–Crippen LogP) is 3.24. The van der Waals surface area contributed by atoms with Crippen molar-refractivity contribution in [3.8, 4) is 0 Å². The van der Waals surface area contributed by atoms with Gasteiger partial charge in [0.05, 0.1) is 12.7 Å². The lowest BCUT2D eigenvalue weighted by molar-refractivity contribution is -0.105. The Balaban J connectivity index is 4.88. The second-order valence-corrected chi connectivity index (χ2v) is 3.23. The number of carbonyl (C=O) groups is 1. The maximum Gasteiger partial charge on any atom is 0.153 e. The molecule has 0 N–H and O–H groups in total. The topological polar surface area (TPSA) is 26.3 Å². The largest absolute Gasteiger partial charge is 0.496 e. The zero-order valence-electron chi connectivity index (χ0n) is 9.59. The summed E-state index contributed by atoms with van der Waals surface area (Å²) < 4.78 is 5.20. The smallest absolute Gasteiger partial charge is 0.153 e. The van der Waals surface area contributed by atoms with E-state index in [1.807, 2.05) is 19.9 Å². The Morgan fingerprint density at radius 1 is 1.36 bits per heavy atom. The summed E-state index contributed by atoms with van der Waals surface area (Å²) in [6, 6.07) is 0. The van der Waals surface area contributed by atoms with Crippen LogP contribution in [0.1, 0.15) is 40.0 Å². The highest BCUT2D eigenvalue weighted by Crippen LogP contribution is 2.16. The maximum absolute atomic E-state index is 10.9. The number of aldehydes is 1. The normalized spacial score (nSPS) is 13.6. The van der Waals surface area contributed by atoms with Crippen molar-refractivity contribution >= 4 is 6.29 Å². The summed E-state index contributed by atoms with van der Waals surface area (Å²) >= 11 is 0. The lowest BCUT2D eigenvalue weighted by Crippen LogP contribution is -1.98. The minimum absolute atomic E-state index is 0.698. The van der Waals surface area contributed by atoms with Gasteiger partial charge in [0.25, 0.3) is 0 Å². The molecule has 0 aliphatic heterocycles. The van der Waals surface area contributed by atoms with Gasteiger partial charge in [0.15, 0.2) is 6.29 Å². The minimum Gasteiger partial charge on any atom is -0.496 e. The van der Waals surface area contributed by atoms with Gasteiger partial charge in [0.2, 0.25) is 0 Å². The van der Waals surface area contributed by atoms with E-state index in [9.17, 15) is 4.79 Å². The molecule has 2 nitrogen and oxygen atoms in total. The van der Waals surface area contributed by atoms with Gasteiger partial charge in [0, 0.05) is 0 Å². The van der Waals surface area contributed by atoms with E-state index < -0.39 is 0 Å². The van der Waals surface area contributed by atoms with Gasteiger partial charge in [-0.25, -0.2) is 0 Å². The van der Waals surface area contributed by atoms with Crippen LogP contribution in [0.5, 0.6) is 0 Å². The summed E-state index contributed by atoms with van der Waals surface area (Å²) in [7, 11) is 1.61. The molecule has 0 aromatic carbocycles. The zero-order valence-corrected chi connectivity index (χ0v) is 9.59. The van der Waals surface area contributed by atoms with E-state index in [4.69, 9.17) is 4.74 Å². The van der Waals surface area contributed by atoms with Crippen molar-refractivity contribution < 1.29 is 9.53 Å². The second kappa shape index (κ2) is 7.36. The number of ether oxygens (including phenoxy) is 1. The standard InChI is InChI=1S/C12H20O2/c1-5-7-8-12(14-4)11(9-13)10(3)6-2/h8-9H,5-7H2,1-4H3/b11-10-,12-8+. The Morgan fingerprint density at radius 3 is 2.36 bits per heavy atom. The summed E-state index contributed by atoms with van der Waals surface area (Å²) in [5.41, 5.74) is 1.77. The lowest BCUT2D eigenvalue weighted by atomic mass is 10.1. The van der Waals surface area contributed by atoms with E-state index in [0.29, 0.717) is 11.3 Å². The van der Waals surface area contributed by atoms with Crippen LogP contribution in [0.2, 0.25) is 0 Å². The monoisotopic (exact) mass is 196 g/mol. The number of allylic oxidation sites excluding steroid dienone is 3. The average molecular weight is 196 g/mol. The number of hydrogen-bond acceptors (Lipinski definition) is 2. The first-order chi connectivity index (χ1) is 6.71. The molecule has 80 valence electrons. The highest BCUT2D eigenvalue weighted by atomic mass is 16.5. The van der Waals surface area contributed by atoms with E-state index in [1.54, 1.807) is 7.11 Å². The van der Waals surface area contributed by atoms with Crippen LogP contribution in [0.4, 0.5) is 0 Å². The highest BCUT2D eigenvalue weighted by Gasteiger charge is 2.06. The molecule has 14 heavy (non-hydrogen) atoms. The van der Waals surface area contributed by atoms with Crippen molar-refractivity contribution in [2.75, 3.05) is 7.11 Å². The van der Waals surface area contributed by atoms with Crippen molar-refractivity contribution in [2.24, 2.45) is 0 Å². The van der Waals surface area contributed by atoms with Gasteiger partial charge in [-0.2, -0.15) is 0 Å². The third-order valence-corrected chi connectivity index (χ3v) is 2.21. The molecule has 0 unspecified atom stereocenters. The van der Waals surface area contributed by atoms with Crippen LogP contribution in [0.15, 0.2) is 23.0 Å². The molecule has 0 fully saturated rings. The molecule has 0 saturated carbocycles. The van der Waals surface area contributed by atoms with Crippen LogP contribution < -0.4 is 0 Å². The summed E-state index contributed by atoms with van der Waals surface area (Å²) in [4.78, 5) is 10.9. The summed E-state index contributed by atoms with van der Waals surface area (Å²) in [6.45, 7) is 6.09. The van der Waals surface area contributed by atoms with E-state index >= 15 is 0 Å². The molecule has 0 atom stereocenters. The quantitative estimate of drug-likeness (QED) is 0.282. The molecule has 0 rings (SSSR count). The SMILES string of the molecule is CCC/C=C(OC)\C(C=O)=C(\C)CC. The number of methoxy groups -OCH3 is 1. The van der Waals surface area contributed by atoms with Gasteiger partial charge in [-0.1, -0.05) is 25.8 Å². The average Bonchev–Trinajstić information content (AvgIpc) is 2.23. The van der Waals surface area contributed by atoms with Crippen LogP contribution in [0.25, 0.3) is 0 Å².